The van der Waals surface area contributed by atoms with E-state index >= 15 is 0 Å². The number of nitrogens with zero attached hydrogens (tertiary/aromatic N) is 2. The van der Waals surface area contributed by atoms with Gasteiger partial charge in [0.25, 0.3) is 5.69 Å². The maximum atomic E-state index is 12.9. The van der Waals surface area contributed by atoms with Gasteiger partial charge in [-0.1, -0.05) is 41.9 Å². The monoisotopic (exact) mass is 414 g/mol. The normalized spacial score (nSPS) is 16.7. The van der Waals surface area contributed by atoms with Crippen LogP contribution >= 0.6 is 11.6 Å². The Hall–Kier alpha value is -3.19. The van der Waals surface area contributed by atoms with Crippen LogP contribution in [0.5, 0.6) is 0 Å². The predicted octanol–water partition coefficient (Wildman–Crippen LogP) is 4.21. The molecule has 0 spiro atoms. The minimum absolute atomic E-state index is 0.0421. The third-order valence-electron chi connectivity index (χ3n) is 4.97. The highest BCUT2D eigenvalue weighted by molar-refractivity contribution is 6.31. The summed E-state index contributed by atoms with van der Waals surface area (Å²) < 4.78 is 4.97. The highest BCUT2D eigenvalue weighted by Crippen LogP contribution is 2.40. The molecule has 1 atom stereocenters. The van der Waals surface area contributed by atoms with Crippen LogP contribution in [0.1, 0.15) is 30.4 Å². The smallest absolute Gasteiger partial charge is 0.336 e. The van der Waals surface area contributed by atoms with Gasteiger partial charge < -0.3 is 9.64 Å². The van der Waals surface area contributed by atoms with Crippen LogP contribution in [-0.4, -0.2) is 28.8 Å². The third kappa shape index (κ3) is 4.14. The molecule has 3 rings (SSSR count). The Bertz CT molecular complexity index is 1020. The molecule has 0 unspecified atom stereocenters. The highest BCUT2D eigenvalue weighted by atomic mass is 35.5. The fraction of sp³-hybridized carbons (Fsp3) is 0.238. The van der Waals surface area contributed by atoms with Crippen LogP contribution < -0.4 is 0 Å². The van der Waals surface area contributed by atoms with E-state index in [-0.39, 0.29) is 24.6 Å². The molecule has 8 heteroatoms. The van der Waals surface area contributed by atoms with Crippen LogP contribution in [0.15, 0.2) is 59.8 Å². The van der Waals surface area contributed by atoms with Crippen molar-refractivity contribution in [3.05, 3.63) is 86.1 Å². The fourth-order valence-electron chi connectivity index (χ4n) is 3.55. The van der Waals surface area contributed by atoms with Crippen molar-refractivity contribution in [2.45, 2.75) is 25.8 Å². The average Bonchev–Trinajstić information content (AvgIpc) is 2.71. The number of carbonyl (C=O) groups is 2. The van der Waals surface area contributed by atoms with Gasteiger partial charge in [-0.05, 0) is 24.1 Å². The second-order valence-corrected chi connectivity index (χ2v) is 7.08. The Balaban J connectivity index is 2.04. The first kappa shape index (κ1) is 20.5. The number of nitro benzene ring substituents is 1. The van der Waals surface area contributed by atoms with Crippen molar-refractivity contribution >= 4 is 29.2 Å². The fourth-order valence-corrected chi connectivity index (χ4v) is 3.82. The third-order valence-corrected chi connectivity index (χ3v) is 5.32. The number of rotatable bonds is 5. The minimum Gasteiger partial charge on any atom is -0.466 e. The largest absolute Gasteiger partial charge is 0.466 e. The molecule has 1 amide bonds. The SMILES string of the molecule is COC(=O)C1=C(C)N(Cc2cccc([N+](=O)[O-])c2)C(=O)C[C@H]1c1ccccc1Cl. The van der Waals surface area contributed by atoms with Gasteiger partial charge in [0.1, 0.15) is 0 Å². The number of carbonyl (C=O) groups excluding carboxylic acids is 2. The summed E-state index contributed by atoms with van der Waals surface area (Å²) in [5.74, 6) is -1.26. The van der Waals surface area contributed by atoms with Gasteiger partial charge in [-0.2, -0.15) is 0 Å². The van der Waals surface area contributed by atoms with E-state index in [4.69, 9.17) is 16.3 Å². The summed E-state index contributed by atoms with van der Waals surface area (Å²) in [4.78, 5) is 37.5. The molecule has 1 heterocycles. The molecule has 2 aromatic carbocycles. The Morgan fingerprint density at radius 2 is 2.00 bits per heavy atom. The molecule has 0 saturated carbocycles. The molecule has 0 fully saturated rings. The number of nitro groups is 1. The molecule has 150 valence electrons. The summed E-state index contributed by atoms with van der Waals surface area (Å²) in [5.41, 5.74) is 2.01. The molecule has 0 aliphatic carbocycles. The number of non-ortho nitro benzene ring substituents is 1. The molecule has 1 aliphatic rings. The van der Waals surface area contributed by atoms with E-state index in [0.717, 1.165) is 0 Å². The standard InChI is InChI=1S/C21H19ClN2O5/c1-13-20(21(26)29-2)17(16-8-3-4-9-18(16)22)11-19(25)23(13)12-14-6-5-7-15(10-14)24(27)28/h3-10,17H,11-12H2,1-2H3/t17-/m0/s1. The van der Waals surface area contributed by atoms with Crippen LogP contribution in [0.25, 0.3) is 0 Å². The van der Waals surface area contributed by atoms with E-state index in [1.807, 2.05) is 0 Å². The van der Waals surface area contributed by atoms with Crippen LogP contribution in [0.3, 0.4) is 0 Å². The molecule has 0 radical (unpaired) electrons. The minimum atomic E-state index is -0.538. The van der Waals surface area contributed by atoms with E-state index in [2.05, 4.69) is 0 Å². The van der Waals surface area contributed by atoms with Gasteiger partial charge in [0.2, 0.25) is 5.91 Å². The van der Waals surface area contributed by atoms with Gasteiger partial charge in [0, 0.05) is 35.2 Å². The number of amides is 1. The first-order chi connectivity index (χ1) is 13.8. The van der Waals surface area contributed by atoms with E-state index in [1.54, 1.807) is 43.3 Å². The summed E-state index contributed by atoms with van der Waals surface area (Å²) in [6.07, 6.45) is 0.0421. The summed E-state index contributed by atoms with van der Waals surface area (Å²) in [5, 5.41) is 11.5. The maximum Gasteiger partial charge on any atom is 0.336 e. The molecule has 0 N–H and O–H groups in total. The number of ether oxygens (including phenoxy) is 1. The Morgan fingerprint density at radius 1 is 1.28 bits per heavy atom. The van der Waals surface area contributed by atoms with Crippen LogP contribution in [-0.2, 0) is 20.9 Å². The molecular formula is C21H19ClN2O5. The molecule has 0 saturated heterocycles. The van der Waals surface area contributed by atoms with Crippen molar-refractivity contribution in [2.24, 2.45) is 0 Å². The summed E-state index contributed by atoms with van der Waals surface area (Å²) in [7, 11) is 1.29. The number of methoxy groups -OCH3 is 1. The zero-order chi connectivity index (χ0) is 21.1. The zero-order valence-corrected chi connectivity index (χ0v) is 16.7. The molecule has 1 aliphatic heterocycles. The van der Waals surface area contributed by atoms with Crippen molar-refractivity contribution in [1.29, 1.82) is 0 Å². The number of hydrogen-bond donors (Lipinski definition) is 0. The van der Waals surface area contributed by atoms with Crippen molar-refractivity contribution < 1.29 is 19.2 Å². The predicted molar refractivity (Wildman–Crippen MR) is 107 cm³/mol. The lowest BCUT2D eigenvalue weighted by Crippen LogP contribution is -2.38. The average molecular weight is 415 g/mol. The lowest BCUT2D eigenvalue weighted by molar-refractivity contribution is -0.384. The van der Waals surface area contributed by atoms with Crippen LogP contribution in [0.4, 0.5) is 5.69 Å². The van der Waals surface area contributed by atoms with Crippen molar-refractivity contribution in [3.63, 3.8) is 0 Å². The summed E-state index contributed by atoms with van der Waals surface area (Å²) >= 11 is 6.32. The van der Waals surface area contributed by atoms with Gasteiger partial charge in [-0.15, -0.1) is 0 Å². The lowest BCUT2D eigenvalue weighted by Gasteiger charge is -2.34. The summed E-state index contributed by atoms with van der Waals surface area (Å²) in [6, 6.07) is 13.1. The molecule has 0 aromatic heterocycles. The highest BCUT2D eigenvalue weighted by Gasteiger charge is 2.37. The summed E-state index contributed by atoms with van der Waals surface area (Å²) in [6.45, 7) is 1.78. The van der Waals surface area contributed by atoms with Gasteiger partial charge in [0.15, 0.2) is 0 Å². The zero-order valence-electron chi connectivity index (χ0n) is 15.9. The van der Waals surface area contributed by atoms with Gasteiger partial charge in [-0.25, -0.2) is 4.79 Å². The number of hydrogen-bond acceptors (Lipinski definition) is 5. The van der Waals surface area contributed by atoms with Gasteiger partial charge in [0.05, 0.1) is 24.2 Å². The lowest BCUT2D eigenvalue weighted by atomic mass is 9.83. The molecule has 7 nitrogen and oxygen atoms in total. The second-order valence-electron chi connectivity index (χ2n) is 6.68. The second kappa shape index (κ2) is 8.45. The van der Waals surface area contributed by atoms with E-state index in [1.165, 1.54) is 24.1 Å². The van der Waals surface area contributed by atoms with Crippen molar-refractivity contribution in [1.82, 2.24) is 4.90 Å². The Labute approximate surface area is 172 Å². The number of allylic oxidation sites excluding steroid dienone is 1. The maximum absolute atomic E-state index is 12.9. The van der Waals surface area contributed by atoms with Crippen LogP contribution in [0.2, 0.25) is 5.02 Å². The number of benzene rings is 2. The van der Waals surface area contributed by atoms with Gasteiger partial charge >= 0.3 is 5.97 Å². The molecule has 29 heavy (non-hydrogen) atoms. The molecule has 0 bridgehead atoms. The van der Waals surface area contributed by atoms with Crippen molar-refractivity contribution in [3.8, 4) is 0 Å². The Kier molecular flexibility index (Phi) is 5.98. The first-order valence-corrected chi connectivity index (χ1v) is 9.28. The quantitative estimate of drug-likeness (QED) is 0.415. The van der Waals surface area contributed by atoms with Crippen molar-refractivity contribution in [2.75, 3.05) is 7.11 Å². The number of halogens is 1. The van der Waals surface area contributed by atoms with E-state index in [0.29, 0.717) is 27.4 Å². The topological polar surface area (TPSA) is 89.8 Å². The van der Waals surface area contributed by atoms with Crippen LogP contribution in [0, 0.1) is 10.1 Å². The van der Waals surface area contributed by atoms with Gasteiger partial charge in [-0.3, -0.25) is 14.9 Å². The molecular weight excluding hydrogens is 396 g/mol. The van der Waals surface area contributed by atoms with E-state index in [9.17, 15) is 19.7 Å². The first-order valence-electron chi connectivity index (χ1n) is 8.90. The van der Waals surface area contributed by atoms with E-state index < -0.39 is 16.8 Å². The molecule has 2 aromatic rings. The number of esters is 1. The Morgan fingerprint density at radius 3 is 2.66 bits per heavy atom.